The first-order valence-corrected chi connectivity index (χ1v) is 7.97. The van der Waals surface area contributed by atoms with E-state index in [1.54, 1.807) is 0 Å². The average Bonchev–Trinajstić information content (AvgIpc) is 2.55. The summed E-state index contributed by atoms with van der Waals surface area (Å²) in [6, 6.07) is 8.79. The van der Waals surface area contributed by atoms with E-state index in [2.05, 4.69) is 46.5 Å². The Labute approximate surface area is 126 Å². The molecule has 112 valence electrons. The molecule has 0 amide bonds. The zero-order valence-electron chi connectivity index (χ0n) is 12.7. The zero-order valence-corrected chi connectivity index (χ0v) is 12.7. The van der Waals surface area contributed by atoms with Gasteiger partial charge in [-0.3, -0.25) is 0 Å². The minimum absolute atomic E-state index is 0.801. The molecule has 1 fully saturated rings. The van der Waals surface area contributed by atoms with Gasteiger partial charge < -0.3 is 10.3 Å². The van der Waals surface area contributed by atoms with E-state index in [4.69, 9.17) is 5.84 Å². The maximum Gasteiger partial charge on any atom is 0.143 e. The Kier molecular flexibility index (Phi) is 4.25. The van der Waals surface area contributed by atoms with E-state index in [0.717, 1.165) is 24.2 Å². The molecule has 3 rings (SSSR count). The van der Waals surface area contributed by atoms with Crippen molar-refractivity contribution in [1.82, 2.24) is 4.98 Å². The molecule has 1 aliphatic heterocycles. The molecule has 1 saturated heterocycles. The average molecular weight is 284 g/mol. The van der Waals surface area contributed by atoms with Crippen molar-refractivity contribution in [3.63, 3.8) is 0 Å². The zero-order chi connectivity index (χ0) is 14.7. The molecule has 3 N–H and O–H groups in total. The number of nitrogens with zero attached hydrogens (tertiary/aromatic N) is 2. The lowest BCUT2D eigenvalue weighted by Gasteiger charge is -2.29. The highest BCUT2D eigenvalue weighted by Crippen LogP contribution is 2.27. The van der Waals surface area contributed by atoms with Crippen molar-refractivity contribution >= 4 is 22.4 Å². The summed E-state index contributed by atoms with van der Waals surface area (Å²) in [7, 11) is 0. The van der Waals surface area contributed by atoms with Gasteiger partial charge in [0.25, 0.3) is 0 Å². The van der Waals surface area contributed by atoms with Crippen LogP contribution in [0, 0.1) is 0 Å². The SMILES string of the molecule is CCCc1cc2cc(N3CCCCC3)ccc2nc1NN. The number of aryl methyl sites for hydroxylation is 1. The standard InChI is InChI=1S/C17H24N4/c1-2-6-13-11-14-12-15(21-9-4-3-5-10-21)7-8-16(14)19-17(13)20-18/h7-8,11-12H,2-6,9-10,18H2,1H3,(H,19,20). The van der Waals surface area contributed by atoms with Crippen molar-refractivity contribution in [3.8, 4) is 0 Å². The molecule has 21 heavy (non-hydrogen) atoms. The second-order valence-electron chi connectivity index (χ2n) is 5.82. The van der Waals surface area contributed by atoms with Crippen LogP contribution in [0.2, 0.25) is 0 Å². The molecular weight excluding hydrogens is 260 g/mol. The number of piperidine rings is 1. The summed E-state index contributed by atoms with van der Waals surface area (Å²) in [5.41, 5.74) is 6.25. The summed E-state index contributed by atoms with van der Waals surface area (Å²) in [6.45, 7) is 4.51. The number of nitrogens with two attached hydrogens (primary N) is 1. The van der Waals surface area contributed by atoms with Crippen LogP contribution in [0.15, 0.2) is 24.3 Å². The first-order valence-electron chi connectivity index (χ1n) is 7.97. The molecule has 4 nitrogen and oxygen atoms in total. The van der Waals surface area contributed by atoms with Gasteiger partial charge in [-0.15, -0.1) is 0 Å². The van der Waals surface area contributed by atoms with Crippen molar-refractivity contribution < 1.29 is 0 Å². The van der Waals surface area contributed by atoms with E-state index in [1.165, 1.54) is 49.0 Å². The molecule has 0 aliphatic carbocycles. The summed E-state index contributed by atoms with van der Waals surface area (Å²) in [6.07, 6.45) is 6.04. The van der Waals surface area contributed by atoms with Crippen molar-refractivity contribution in [3.05, 3.63) is 29.8 Å². The minimum Gasteiger partial charge on any atom is -0.372 e. The van der Waals surface area contributed by atoms with Gasteiger partial charge in [-0.05, 0) is 55.5 Å². The lowest BCUT2D eigenvalue weighted by Crippen LogP contribution is -2.29. The number of anilines is 2. The van der Waals surface area contributed by atoms with Gasteiger partial charge in [-0.25, -0.2) is 10.8 Å². The maximum absolute atomic E-state index is 5.60. The monoisotopic (exact) mass is 284 g/mol. The Hall–Kier alpha value is -1.81. The molecular formula is C17H24N4. The number of hydrogen-bond donors (Lipinski definition) is 2. The van der Waals surface area contributed by atoms with Gasteiger partial charge >= 0.3 is 0 Å². The molecule has 1 aromatic heterocycles. The van der Waals surface area contributed by atoms with Gasteiger partial charge in [0.05, 0.1) is 5.52 Å². The number of pyridine rings is 1. The number of benzene rings is 1. The molecule has 1 aliphatic rings. The van der Waals surface area contributed by atoms with E-state index >= 15 is 0 Å². The number of hydrazine groups is 1. The Morgan fingerprint density at radius 2 is 2.00 bits per heavy atom. The second-order valence-corrected chi connectivity index (χ2v) is 5.82. The third-order valence-electron chi connectivity index (χ3n) is 4.25. The molecule has 2 aromatic rings. The number of nitrogens with one attached hydrogen (secondary N) is 1. The van der Waals surface area contributed by atoms with Crippen LogP contribution in [-0.4, -0.2) is 18.1 Å². The lowest BCUT2D eigenvalue weighted by molar-refractivity contribution is 0.578. The van der Waals surface area contributed by atoms with Crippen LogP contribution in [0.1, 0.15) is 38.2 Å². The van der Waals surface area contributed by atoms with Crippen LogP contribution in [0.25, 0.3) is 10.9 Å². The normalized spacial score (nSPS) is 15.4. The summed E-state index contributed by atoms with van der Waals surface area (Å²) in [4.78, 5) is 7.13. The molecule has 0 bridgehead atoms. The quantitative estimate of drug-likeness (QED) is 0.667. The largest absolute Gasteiger partial charge is 0.372 e. The predicted octanol–water partition coefficient (Wildman–Crippen LogP) is 3.46. The van der Waals surface area contributed by atoms with E-state index in [9.17, 15) is 0 Å². The van der Waals surface area contributed by atoms with Gasteiger partial charge in [0, 0.05) is 24.2 Å². The predicted molar refractivity (Wildman–Crippen MR) is 89.6 cm³/mol. The number of aromatic nitrogens is 1. The van der Waals surface area contributed by atoms with Crippen molar-refractivity contribution in [2.45, 2.75) is 39.0 Å². The van der Waals surface area contributed by atoms with E-state index in [1.807, 2.05) is 0 Å². The number of hydrogen-bond acceptors (Lipinski definition) is 4. The molecule has 0 saturated carbocycles. The fraction of sp³-hybridized carbons (Fsp3) is 0.471. The molecule has 1 aromatic carbocycles. The molecule has 2 heterocycles. The summed E-state index contributed by atoms with van der Waals surface area (Å²) < 4.78 is 0. The number of rotatable bonds is 4. The fourth-order valence-electron chi connectivity index (χ4n) is 3.14. The molecule has 0 atom stereocenters. The van der Waals surface area contributed by atoms with Crippen LogP contribution in [-0.2, 0) is 6.42 Å². The van der Waals surface area contributed by atoms with Gasteiger partial charge in [0.15, 0.2) is 0 Å². The third-order valence-corrected chi connectivity index (χ3v) is 4.25. The highest BCUT2D eigenvalue weighted by molar-refractivity contribution is 5.85. The lowest BCUT2D eigenvalue weighted by atomic mass is 10.1. The van der Waals surface area contributed by atoms with Crippen LogP contribution in [0.3, 0.4) is 0 Å². The molecule has 0 radical (unpaired) electrons. The number of fused-ring (bicyclic) bond motifs is 1. The van der Waals surface area contributed by atoms with Crippen molar-refractivity contribution in [1.29, 1.82) is 0 Å². The van der Waals surface area contributed by atoms with Crippen LogP contribution in [0.4, 0.5) is 11.5 Å². The third kappa shape index (κ3) is 2.95. The minimum atomic E-state index is 0.801. The van der Waals surface area contributed by atoms with Crippen LogP contribution < -0.4 is 16.2 Å². The van der Waals surface area contributed by atoms with Gasteiger partial charge in [-0.2, -0.15) is 0 Å². The smallest absolute Gasteiger partial charge is 0.143 e. The number of nitrogen functional groups attached to an aromatic ring is 1. The van der Waals surface area contributed by atoms with Crippen molar-refractivity contribution in [2.75, 3.05) is 23.4 Å². The first kappa shape index (κ1) is 14.1. The van der Waals surface area contributed by atoms with Crippen LogP contribution in [0.5, 0.6) is 0 Å². The first-order chi connectivity index (χ1) is 10.3. The van der Waals surface area contributed by atoms with E-state index in [-0.39, 0.29) is 0 Å². The molecule has 4 heteroatoms. The Morgan fingerprint density at radius 3 is 2.71 bits per heavy atom. The summed E-state index contributed by atoms with van der Waals surface area (Å²) >= 11 is 0. The molecule has 0 unspecified atom stereocenters. The Bertz CT molecular complexity index is 617. The topological polar surface area (TPSA) is 54.2 Å². The maximum atomic E-state index is 5.60. The van der Waals surface area contributed by atoms with E-state index in [0.29, 0.717) is 0 Å². The Morgan fingerprint density at radius 1 is 1.19 bits per heavy atom. The summed E-state index contributed by atoms with van der Waals surface area (Å²) in [5, 5.41) is 1.21. The highest BCUT2D eigenvalue weighted by Gasteiger charge is 2.12. The molecule has 0 spiro atoms. The highest BCUT2D eigenvalue weighted by atomic mass is 15.2. The Balaban J connectivity index is 1.99. The van der Waals surface area contributed by atoms with Gasteiger partial charge in [-0.1, -0.05) is 13.3 Å². The van der Waals surface area contributed by atoms with E-state index < -0.39 is 0 Å². The van der Waals surface area contributed by atoms with Crippen molar-refractivity contribution in [2.24, 2.45) is 5.84 Å². The second kappa shape index (κ2) is 6.31. The van der Waals surface area contributed by atoms with Gasteiger partial charge in [0.1, 0.15) is 5.82 Å². The van der Waals surface area contributed by atoms with Gasteiger partial charge in [0.2, 0.25) is 0 Å². The summed E-state index contributed by atoms with van der Waals surface area (Å²) in [5.74, 6) is 6.40. The fourth-order valence-corrected chi connectivity index (χ4v) is 3.14. The van der Waals surface area contributed by atoms with Crippen LogP contribution >= 0.6 is 0 Å².